The second-order valence-corrected chi connectivity index (χ2v) is 16.9. The largest absolute Gasteiger partial charge is 0.306 e. The van der Waals surface area contributed by atoms with Crippen molar-refractivity contribution in [2.45, 2.75) is 78.3 Å². The van der Waals surface area contributed by atoms with Crippen molar-refractivity contribution >= 4 is 23.8 Å². The van der Waals surface area contributed by atoms with E-state index < -0.39 is 58.4 Å². The molecule has 2 aliphatic heterocycles. The Labute approximate surface area is 385 Å². The van der Waals surface area contributed by atoms with Crippen molar-refractivity contribution in [3.8, 4) is 11.4 Å². The van der Waals surface area contributed by atoms with Gasteiger partial charge in [-0.05, 0) is 147 Å². The van der Waals surface area contributed by atoms with Crippen LogP contribution in [-0.4, -0.2) is 48.6 Å². The number of hydrogen-bond acceptors (Lipinski definition) is 6. The second-order valence-electron chi connectivity index (χ2n) is 16.9. The highest BCUT2D eigenvalue weighted by molar-refractivity contribution is 5.75. The van der Waals surface area contributed by atoms with Crippen molar-refractivity contribution in [1.29, 1.82) is 0 Å². The summed E-state index contributed by atoms with van der Waals surface area (Å²) < 4.78 is 119. The molecule has 18 heteroatoms. The third-order valence-corrected chi connectivity index (χ3v) is 12.0. The minimum atomic E-state index is -1.51. The van der Waals surface area contributed by atoms with Crippen LogP contribution in [0.15, 0.2) is 85.7 Å². The number of aryl methyl sites for hydroxylation is 6. The van der Waals surface area contributed by atoms with Crippen LogP contribution < -0.4 is 0 Å². The van der Waals surface area contributed by atoms with Crippen molar-refractivity contribution in [3.05, 3.63) is 189 Å². The topological polar surface area (TPSA) is 97.1 Å². The molecular formula is C50H42F8N10. The minimum absolute atomic E-state index is 0.100. The van der Waals surface area contributed by atoms with Crippen molar-refractivity contribution < 1.29 is 35.1 Å². The molecular weight excluding hydrogens is 893 g/mol. The molecule has 0 aliphatic carbocycles. The molecule has 0 bridgehead atoms. The average molecular weight is 935 g/mol. The maximum Gasteiger partial charge on any atom is 0.210 e. The Bertz CT molecular complexity index is 3010. The Hall–Kier alpha value is -7.50. The molecule has 0 spiro atoms. The van der Waals surface area contributed by atoms with Crippen LogP contribution in [-0.2, 0) is 13.1 Å². The van der Waals surface area contributed by atoms with Gasteiger partial charge in [-0.3, -0.25) is 0 Å². The summed E-state index contributed by atoms with van der Waals surface area (Å²) in [4.78, 5) is 17.1. The molecule has 0 amide bonds. The number of hydrogen-bond donors (Lipinski definition) is 0. The van der Waals surface area contributed by atoms with Gasteiger partial charge in [0.25, 0.3) is 0 Å². The second kappa shape index (κ2) is 18.6. The van der Waals surface area contributed by atoms with Crippen molar-refractivity contribution in [1.82, 2.24) is 48.6 Å². The van der Waals surface area contributed by atoms with Crippen molar-refractivity contribution in [2.75, 3.05) is 0 Å². The molecule has 4 aromatic carbocycles. The van der Waals surface area contributed by atoms with Crippen molar-refractivity contribution in [3.63, 3.8) is 0 Å². The van der Waals surface area contributed by atoms with Crippen LogP contribution in [0.4, 0.5) is 35.1 Å². The Morgan fingerprint density at radius 3 is 1.26 bits per heavy atom. The summed E-state index contributed by atoms with van der Waals surface area (Å²) in [5.41, 5.74) is 7.34. The van der Waals surface area contributed by atoms with Crippen LogP contribution in [0.2, 0.25) is 0 Å². The van der Waals surface area contributed by atoms with Crippen LogP contribution in [0, 0.1) is 62.6 Å². The highest BCUT2D eigenvalue weighted by Gasteiger charge is 2.30. The zero-order valence-electron chi connectivity index (χ0n) is 37.1. The summed E-state index contributed by atoms with van der Waals surface area (Å²) in [6, 6.07) is 14.9. The Kier molecular flexibility index (Phi) is 12.5. The summed E-state index contributed by atoms with van der Waals surface area (Å²) in [6.45, 7) is 8.69. The smallest absolute Gasteiger partial charge is 0.210 e. The Balaban J connectivity index is 0.000000170. The first-order valence-electron chi connectivity index (χ1n) is 21.8. The van der Waals surface area contributed by atoms with E-state index in [2.05, 4.69) is 30.1 Å². The molecule has 2 aliphatic rings. The zero-order chi connectivity index (χ0) is 48.0. The van der Waals surface area contributed by atoms with E-state index in [0.717, 1.165) is 58.2 Å². The molecule has 4 aromatic heterocycles. The van der Waals surface area contributed by atoms with Crippen LogP contribution in [0.5, 0.6) is 0 Å². The Morgan fingerprint density at radius 2 is 0.926 bits per heavy atom. The highest BCUT2D eigenvalue weighted by Crippen LogP contribution is 2.36. The third kappa shape index (κ3) is 9.26. The van der Waals surface area contributed by atoms with Gasteiger partial charge in [-0.15, -0.1) is 10.2 Å². The number of rotatable bonds is 8. The molecule has 0 fully saturated rings. The molecule has 6 heterocycles. The van der Waals surface area contributed by atoms with Crippen LogP contribution >= 0.6 is 0 Å². The fourth-order valence-electron chi connectivity index (χ4n) is 8.73. The molecule has 10 nitrogen and oxygen atoms in total. The van der Waals surface area contributed by atoms with E-state index in [1.807, 2.05) is 73.5 Å². The van der Waals surface area contributed by atoms with Gasteiger partial charge in [-0.2, -0.15) is 0 Å². The van der Waals surface area contributed by atoms with E-state index in [4.69, 9.17) is 0 Å². The van der Waals surface area contributed by atoms with Crippen molar-refractivity contribution in [2.24, 2.45) is 0 Å². The lowest BCUT2D eigenvalue weighted by molar-refractivity contribution is 0.427. The molecule has 0 radical (unpaired) electrons. The number of nitrogens with zero attached hydrogens (tertiary/aromatic N) is 10. The van der Waals surface area contributed by atoms with E-state index in [1.54, 1.807) is 34.2 Å². The fraction of sp³-hybridized carbons (Fsp3) is 0.240. The van der Waals surface area contributed by atoms with Crippen LogP contribution in [0.25, 0.3) is 35.2 Å². The Morgan fingerprint density at radius 1 is 0.544 bits per heavy atom. The van der Waals surface area contributed by atoms with Gasteiger partial charge in [0.05, 0.1) is 24.0 Å². The molecule has 8 aromatic rings. The van der Waals surface area contributed by atoms with E-state index in [-0.39, 0.29) is 22.8 Å². The van der Waals surface area contributed by atoms with Gasteiger partial charge in [0.1, 0.15) is 11.6 Å². The number of benzene rings is 4. The SMILES string of the molecule is Cc1cn(-c2ccc(/C=C(\F)c3nc4n(n3)CCC[C@@H]4c3cc(F)c(F)c(F)c3)cc2C)cn1.Cc1cn(-c2ccc(/C=C(\F)c3nc4n(n3)CCC[C@H]4c3cc(F)c(F)c(F)c3)cc2C)cn1. The van der Waals surface area contributed by atoms with Gasteiger partial charge in [-0.1, -0.05) is 12.1 Å². The normalized spacial score (nSPS) is 16.1. The average Bonchev–Trinajstić information content (AvgIpc) is 4.14. The summed E-state index contributed by atoms with van der Waals surface area (Å²) in [7, 11) is 0. The number of aromatic nitrogens is 10. The first-order valence-corrected chi connectivity index (χ1v) is 21.8. The van der Waals surface area contributed by atoms with E-state index in [0.29, 0.717) is 61.5 Å². The van der Waals surface area contributed by atoms with Gasteiger partial charge < -0.3 is 9.13 Å². The fourth-order valence-corrected chi connectivity index (χ4v) is 8.73. The monoisotopic (exact) mass is 934 g/mol. The van der Waals surface area contributed by atoms with Crippen LogP contribution in [0.1, 0.15) is 106 Å². The maximum absolute atomic E-state index is 15.1. The predicted octanol–water partition coefficient (Wildman–Crippen LogP) is 11.8. The predicted molar refractivity (Wildman–Crippen MR) is 239 cm³/mol. The quantitative estimate of drug-likeness (QED) is 0.111. The molecule has 348 valence electrons. The first-order chi connectivity index (χ1) is 32.6. The van der Waals surface area contributed by atoms with Gasteiger partial charge in [0.2, 0.25) is 11.6 Å². The van der Waals surface area contributed by atoms with E-state index in [1.165, 1.54) is 12.2 Å². The third-order valence-electron chi connectivity index (χ3n) is 12.0. The molecule has 0 saturated carbocycles. The molecule has 0 unspecified atom stereocenters. The minimum Gasteiger partial charge on any atom is -0.306 e. The summed E-state index contributed by atoms with van der Waals surface area (Å²) in [5, 5.41) is 8.53. The summed E-state index contributed by atoms with van der Waals surface area (Å²) in [5.74, 6) is -9.73. The summed E-state index contributed by atoms with van der Waals surface area (Å²) in [6.07, 6.45) is 12.4. The molecule has 2 atom stereocenters. The van der Waals surface area contributed by atoms with Gasteiger partial charge in [-0.25, -0.2) is 64.4 Å². The lowest BCUT2D eigenvalue weighted by Crippen LogP contribution is -2.18. The van der Waals surface area contributed by atoms with Gasteiger partial charge >= 0.3 is 0 Å². The van der Waals surface area contributed by atoms with Gasteiger partial charge in [0, 0.05) is 48.7 Å². The lowest BCUT2D eigenvalue weighted by Gasteiger charge is -2.22. The standard InChI is InChI=1S/2C25H21F4N5/c2*1-14-8-16(5-6-22(14)33-12-15(2)30-13-33)9-21(28)24-31-25-18(4-3-7-34(25)32-24)17-10-19(26)23(29)20(27)11-17/h2*5-6,8-13,18H,3-4,7H2,1-2H3/b2*21-9-/t2*18-/m10/s1. The van der Waals surface area contributed by atoms with E-state index in [9.17, 15) is 26.3 Å². The first kappa shape index (κ1) is 45.6. The number of imidazole rings is 2. The molecule has 10 rings (SSSR count). The maximum atomic E-state index is 15.1. The summed E-state index contributed by atoms with van der Waals surface area (Å²) >= 11 is 0. The zero-order valence-corrected chi connectivity index (χ0v) is 37.1. The number of halogens is 8. The highest BCUT2D eigenvalue weighted by atomic mass is 19.2. The van der Waals surface area contributed by atoms with Gasteiger partial charge in [0.15, 0.2) is 46.6 Å². The number of fused-ring (bicyclic) bond motifs is 2. The molecule has 0 saturated heterocycles. The lowest BCUT2D eigenvalue weighted by atomic mass is 9.91. The molecule has 68 heavy (non-hydrogen) atoms. The van der Waals surface area contributed by atoms with Crippen LogP contribution in [0.3, 0.4) is 0 Å². The molecule has 0 N–H and O–H groups in total. The van der Waals surface area contributed by atoms with E-state index >= 15 is 8.78 Å².